The smallest absolute Gasteiger partial charge is 0.0604 e. The third-order valence-corrected chi connectivity index (χ3v) is 2.97. The van der Waals surface area contributed by atoms with Gasteiger partial charge in [0.05, 0.1) is 6.54 Å². The Morgan fingerprint density at radius 2 is 2.20 bits per heavy atom. The van der Waals surface area contributed by atoms with Crippen LogP contribution >= 0.6 is 0 Å². The number of hydrogen-bond donors (Lipinski definition) is 1. The van der Waals surface area contributed by atoms with Crippen LogP contribution in [-0.4, -0.2) is 36.6 Å². The fourth-order valence-electron chi connectivity index (χ4n) is 2.05. The lowest BCUT2D eigenvalue weighted by molar-refractivity contribution is 0.162. The maximum absolute atomic E-state index is 3.53. The van der Waals surface area contributed by atoms with E-state index in [1.165, 1.54) is 25.8 Å². The van der Waals surface area contributed by atoms with Crippen LogP contribution in [0.5, 0.6) is 0 Å². The third-order valence-electron chi connectivity index (χ3n) is 2.97. The van der Waals surface area contributed by atoms with Crippen LogP contribution in [-0.2, 0) is 0 Å². The van der Waals surface area contributed by atoms with E-state index < -0.39 is 0 Å². The molecular weight excluding hydrogens is 184 g/mol. The van der Waals surface area contributed by atoms with Gasteiger partial charge in [-0.1, -0.05) is 26.2 Å². The highest BCUT2D eigenvalue weighted by atomic mass is 15.2. The zero-order chi connectivity index (χ0) is 11.1. The first kappa shape index (κ1) is 12.5. The van der Waals surface area contributed by atoms with Gasteiger partial charge >= 0.3 is 0 Å². The van der Waals surface area contributed by atoms with Crippen molar-refractivity contribution in [1.29, 1.82) is 0 Å². The van der Waals surface area contributed by atoms with Crippen molar-refractivity contribution >= 4 is 0 Å². The molecular formula is C13H24N2. The lowest BCUT2D eigenvalue weighted by atomic mass is 10.0. The number of nitrogens with one attached hydrogen (secondary N) is 1. The van der Waals surface area contributed by atoms with E-state index in [0.29, 0.717) is 12.1 Å². The third kappa shape index (κ3) is 4.68. The van der Waals surface area contributed by atoms with E-state index in [4.69, 9.17) is 0 Å². The van der Waals surface area contributed by atoms with E-state index in [-0.39, 0.29) is 0 Å². The summed E-state index contributed by atoms with van der Waals surface area (Å²) in [4.78, 5) is 2.52. The predicted molar refractivity (Wildman–Crippen MR) is 65.8 cm³/mol. The van der Waals surface area contributed by atoms with E-state index in [1.54, 1.807) is 0 Å². The molecule has 1 heterocycles. The molecule has 0 aromatic carbocycles. The van der Waals surface area contributed by atoms with Crippen molar-refractivity contribution in [2.24, 2.45) is 0 Å². The van der Waals surface area contributed by atoms with Crippen LogP contribution in [0.15, 0.2) is 0 Å². The minimum absolute atomic E-state index is 0.589. The molecule has 1 saturated heterocycles. The maximum Gasteiger partial charge on any atom is 0.0604 e. The second-order valence-electron chi connectivity index (χ2n) is 4.61. The summed E-state index contributed by atoms with van der Waals surface area (Å²) in [5, 5.41) is 3.53. The fourth-order valence-corrected chi connectivity index (χ4v) is 2.05. The highest BCUT2D eigenvalue weighted by Crippen LogP contribution is 2.15. The molecule has 0 amide bonds. The van der Waals surface area contributed by atoms with Gasteiger partial charge in [0.25, 0.3) is 0 Å². The van der Waals surface area contributed by atoms with E-state index in [2.05, 4.69) is 35.9 Å². The molecule has 0 saturated carbocycles. The number of rotatable bonds is 4. The molecule has 1 atom stereocenters. The molecule has 15 heavy (non-hydrogen) atoms. The van der Waals surface area contributed by atoms with Crippen molar-refractivity contribution in [3.05, 3.63) is 0 Å². The molecule has 0 aromatic rings. The van der Waals surface area contributed by atoms with Crippen LogP contribution in [0, 0.1) is 11.8 Å². The number of likely N-dealkylation sites (tertiary alicyclic amines) is 1. The van der Waals surface area contributed by atoms with Crippen LogP contribution in [0.3, 0.4) is 0 Å². The molecule has 0 aliphatic carbocycles. The molecule has 0 bridgehead atoms. The molecule has 0 radical (unpaired) electrons. The summed E-state index contributed by atoms with van der Waals surface area (Å²) in [6.07, 6.45) is 4.04. The van der Waals surface area contributed by atoms with Gasteiger partial charge in [-0.2, -0.15) is 0 Å². The van der Waals surface area contributed by atoms with Crippen molar-refractivity contribution in [1.82, 2.24) is 10.2 Å². The summed E-state index contributed by atoms with van der Waals surface area (Å²) in [7, 11) is 0. The highest BCUT2D eigenvalue weighted by molar-refractivity contribution is 4.99. The van der Waals surface area contributed by atoms with Crippen LogP contribution in [0.4, 0.5) is 0 Å². The first-order chi connectivity index (χ1) is 7.24. The lowest BCUT2D eigenvalue weighted by Crippen LogP contribution is -2.46. The van der Waals surface area contributed by atoms with Crippen molar-refractivity contribution in [3.8, 4) is 11.8 Å². The summed E-state index contributed by atoms with van der Waals surface area (Å²) < 4.78 is 0. The molecule has 0 aromatic heterocycles. The zero-order valence-corrected chi connectivity index (χ0v) is 10.3. The quantitative estimate of drug-likeness (QED) is 0.710. The monoisotopic (exact) mass is 208 g/mol. The molecule has 2 nitrogen and oxygen atoms in total. The summed E-state index contributed by atoms with van der Waals surface area (Å²) in [6.45, 7) is 9.62. The minimum Gasteiger partial charge on any atom is -0.313 e. The van der Waals surface area contributed by atoms with Gasteiger partial charge in [0.2, 0.25) is 0 Å². The van der Waals surface area contributed by atoms with Crippen LogP contribution in [0.2, 0.25) is 0 Å². The Kier molecular flexibility index (Phi) is 5.75. The Morgan fingerprint density at radius 1 is 1.40 bits per heavy atom. The molecule has 1 fully saturated rings. The zero-order valence-electron chi connectivity index (χ0n) is 10.3. The largest absolute Gasteiger partial charge is 0.313 e. The van der Waals surface area contributed by atoms with E-state index >= 15 is 0 Å². The van der Waals surface area contributed by atoms with E-state index in [0.717, 1.165) is 13.1 Å². The van der Waals surface area contributed by atoms with Crippen molar-refractivity contribution < 1.29 is 0 Å². The summed E-state index contributed by atoms with van der Waals surface area (Å²) in [5.41, 5.74) is 0. The molecule has 1 unspecified atom stereocenters. The second-order valence-corrected chi connectivity index (χ2v) is 4.61. The number of piperidine rings is 1. The van der Waals surface area contributed by atoms with Gasteiger partial charge in [0.15, 0.2) is 0 Å². The first-order valence-corrected chi connectivity index (χ1v) is 6.11. The Labute approximate surface area is 94.4 Å². The van der Waals surface area contributed by atoms with Gasteiger partial charge in [-0.25, -0.2) is 0 Å². The molecule has 1 N–H and O–H groups in total. The SMILES string of the molecule is CC#CCN1CCCCC1CNC(C)C. The maximum atomic E-state index is 3.53. The highest BCUT2D eigenvalue weighted by Gasteiger charge is 2.21. The van der Waals surface area contributed by atoms with Gasteiger partial charge < -0.3 is 5.32 Å². The standard InChI is InChI=1S/C13H24N2/c1-4-5-9-15-10-7-6-8-13(15)11-14-12(2)3/h12-14H,6-11H2,1-3H3. The predicted octanol–water partition coefficient (Wildman–Crippen LogP) is 1.86. The van der Waals surface area contributed by atoms with Crippen molar-refractivity contribution in [2.45, 2.75) is 52.1 Å². The molecule has 1 rings (SSSR count). The Morgan fingerprint density at radius 3 is 2.87 bits per heavy atom. The number of nitrogens with zero attached hydrogens (tertiary/aromatic N) is 1. The van der Waals surface area contributed by atoms with Crippen molar-refractivity contribution in [2.75, 3.05) is 19.6 Å². The average molecular weight is 208 g/mol. The Balaban J connectivity index is 2.37. The Hall–Kier alpha value is -0.520. The van der Waals surface area contributed by atoms with E-state index in [1.807, 2.05) is 6.92 Å². The average Bonchev–Trinajstić information content (AvgIpc) is 2.24. The van der Waals surface area contributed by atoms with E-state index in [9.17, 15) is 0 Å². The van der Waals surface area contributed by atoms with Gasteiger partial charge in [0, 0.05) is 18.6 Å². The summed E-state index contributed by atoms with van der Waals surface area (Å²) in [6, 6.07) is 1.29. The summed E-state index contributed by atoms with van der Waals surface area (Å²) >= 11 is 0. The first-order valence-electron chi connectivity index (χ1n) is 6.11. The second kappa shape index (κ2) is 6.87. The van der Waals surface area contributed by atoms with Crippen LogP contribution < -0.4 is 5.32 Å². The molecule has 1 aliphatic rings. The number of hydrogen-bond acceptors (Lipinski definition) is 2. The topological polar surface area (TPSA) is 15.3 Å². The molecule has 0 spiro atoms. The van der Waals surface area contributed by atoms with Crippen molar-refractivity contribution in [3.63, 3.8) is 0 Å². The van der Waals surface area contributed by atoms with Gasteiger partial charge in [-0.05, 0) is 26.3 Å². The Bertz CT molecular complexity index is 224. The van der Waals surface area contributed by atoms with Gasteiger partial charge in [-0.15, -0.1) is 5.92 Å². The van der Waals surface area contributed by atoms with Gasteiger partial charge in [0.1, 0.15) is 0 Å². The van der Waals surface area contributed by atoms with Crippen LogP contribution in [0.25, 0.3) is 0 Å². The fraction of sp³-hybridized carbons (Fsp3) is 0.846. The molecule has 1 aliphatic heterocycles. The van der Waals surface area contributed by atoms with Gasteiger partial charge in [-0.3, -0.25) is 4.90 Å². The molecule has 86 valence electrons. The lowest BCUT2D eigenvalue weighted by Gasteiger charge is -2.35. The summed E-state index contributed by atoms with van der Waals surface area (Å²) in [5.74, 6) is 6.17. The molecule has 2 heteroatoms. The normalized spacial score (nSPS) is 22.5. The van der Waals surface area contributed by atoms with Crippen LogP contribution in [0.1, 0.15) is 40.0 Å². The minimum atomic E-state index is 0.589.